The van der Waals surface area contributed by atoms with Gasteiger partial charge in [0.05, 0.1) is 6.61 Å². The summed E-state index contributed by atoms with van der Waals surface area (Å²) in [6.07, 6.45) is 7.28. The third-order valence-corrected chi connectivity index (χ3v) is 4.32. The third-order valence-electron chi connectivity index (χ3n) is 2.92. The van der Waals surface area contributed by atoms with E-state index in [0.29, 0.717) is 6.54 Å². The smallest absolute Gasteiger partial charge is 0.214 e. The number of rotatable bonds is 9. The van der Waals surface area contributed by atoms with Crippen molar-refractivity contribution in [3.8, 4) is 0 Å². The average Bonchev–Trinajstić information content (AvgIpc) is 2.40. The Labute approximate surface area is 138 Å². The van der Waals surface area contributed by atoms with Crippen LogP contribution in [0.4, 0.5) is 5.69 Å². The topological polar surface area (TPSA) is 32.8 Å². The molecule has 1 amide bonds. The van der Waals surface area contributed by atoms with Gasteiger partial charge in [0.15, 0.2) is 0 Å². The SMILES string of the molecule is CN(CCOS(C)(C)C)CCN(C=O)c1ccc(Br)cc1. The molecule has 120 valence electrons. The van der Waals surface area contributed by atoms with Gasteiger partial charge in [-0.25, -0.2) is 0 Å². The first-order valence-corrected chi connectivity index (χ1v) is 10.4. The van der Waals surface area contributed by atoms with Crippen LogP contribution >= 0.6 is 26.2 Å². The molecule has 0 aliphatic carbocycles. The Morgan fingerprint density at radius 2 is 1.76 bits per heavy atom. The predicted molar refractivity (Wildman–Crippen MR) is 96.4 cm³/mol. The van der Waals surface area contributed by atoms with E-state index in [9.17, 15) is 4.79 Å². The molecule has 0 fully saturated rings. The fourth-order valence-electron chi connectivity index (χ4n) is 1.71. The van der Waals surface area contributed by atoms with E-state index in [2.05, 4.69) is 39.6 Å². The summed E-state index contributed by atoms with van der Waals surface area (Å²) in [5.41, 5.74) is 0.914. The molecule has 1 rings (SSSR count). The van der Waals surface area contributed by atoms with Crippen LogP contribution in [0.15, 0.2) is 28.7 Å². The summed E-state index contributed by atoms with van der Waals surface area (Å²) in [5.74, 6) is 0. The zero-order valence-corrected chi connectivity index (χ0v) is 15.6. The predicted octanol–water partition coefficient (Wildman–Crippen LogP) is 2.97. The maximum absolute atomic E-state index is 11.2. The van der Waals surface area contributed by atoms with Crippen LogP contribution in [0.2, 0.25) is 0 Å². The Hall–Kier alpha value is -0.560. The molecule has 0 atom stereocenters. The van der Waals surface area contributed by atoms with Gasteiger partial charge in [0, 0.05) is 29.8 Å². The molecule has 0 heterocycles. The molecule has 0 bridgehead atoms. The Balaban J connectivity index is 2.37. The molecule has 0 N–H and O–H groups in total. The van der Waals surface area contributed by atoms with Gasteiger partial charge in [-0.2, -0.15) is 0 Å². The largest absolute Gasteiger partial charge is 0.336 e. The van der Waals surface area contributed by atoms with E-state index in [4.69, 9.17) is 4.18 Å². The highest BCUT2D eigenvalue weighted by Gasteiger charge is 2.08. The normalized spacial score (nSPS) is 12.5. The summed E-state index contributed by atoms with van der Waals surface area (Å²) in [6.45, 7) is 3.09. The summed E-state index contributed by atoms with van der Waals surface area (Å²) in [4.78, 5) is 15.1. The maximum atomic E-state index is 11.2. The van der Waals surface area contributed by atoms with Crippen LogP contribution in [-0.4, -0.2) is 63.4 Å². The first-order valence-electron chi connectivity index (χ1n) is 6.80. The van der Waals surface area contributed by atoms with Crippen LogP contribution in [0, 0.1) is 0 Å². The number of carbonyl (C=O) groups is 1. The molecule has 0 saturated carbocycles. The number of hydrogen-bond donors (Lipinski definition) is 0. The summed E-state index contributed by atoms with van der Waals surface area (Å²) < 4.78 is 6.79. The van der Waals surface area contributed by atoms with Gasteiger partial charge in [0.1, 0.15) is 0 Å². The van der Waals surface area contributed by atoms with Crippen LogP contribution in [0.5, 0.6) is 0 Å². The van der Waals surface area contributed by atoms with Crippen molar-refractivity contribution in [2.75, 3.05) is 57.0 Å². The van der Waals surface area contributed by atoms with E-state index in [0.717, 1.165) is 36.3 Å². The quantitative estimate of drug-likeness (QED) is 0.621. The third kappa shape index (κ3) is 7.85. The standard InChI is InChI=1S/C15H25BrN2O2S/c1-17(11-12-20-21(2,3)4)9-10-18(13-19)15-7-5-14(16)6-8-15/h5-8,13H,9-12H2,1-4H3. The highest BCUT2D eigenvalue weighted by Crippen LogP contribution is 2.35. The van der Waals surface area contributed by atoms with Crippen LogP contribution in [0.25, 0.3) is 0 Å². The monoisotopic (exact) mass is 376 g/mol. The van der Waals surface area contributed by atoms with Crippen molar-refractivity contribution in [3.05, 3.63) is 28.7 Å². The van der Waals surface area contributed by atoms with Crippen molar-refractivity contribution >= 4 is 38.3 Å². The molecule has 0 saturated heterocycles. The lowest BCUT2D eigenvalue weighted by molar-refractivity contribution is -0.107. The van der Waals surface area contributed by atoms with Crippen molar-refractivity contribution in [3.63, 3.8) is 0 Å². The number of carbonyl (C=O) groups excluding carboxylic acids is 1. The summed E-state index contributed by atoms with van der Waals surface area (Å²) in [5, 5.41) is 0. The van der Waals surface area contributed by atoms with E-state index in [1.165, 1.54) is 0 Å². The van der Waals surface area contributed by atoms with Gasteiger partial charge in [-0.05, 0) is 50.1 Å². The van der Waals surface area contributed by atoms with Gasteiger partial charge in [-0.15, -0.1) is 10.3 Å². The molecular weight excluding hydrogens is 352 g/mol. The Kier molecular flexibility index (Phi) is 7.73. The highest BCUT2D eigenvalue weighted by atomic mass is 79.9. The summed E-state index contributed by atoms with van der Waals surface area (Å²) in [6, 6.07) is 7.75. The lowest BCUT2D eigenvalue weighted by Crippen LogP contribution is -2.34. The fraction of sp³-hybridized carbons (Fsp3) is 0.533. The number of nitrogens with zero attached hydrogens (tertiary/aromatic N) is 2. The van der Waals surface area contributed by atoms with Crippen molar-refractivity contribution in [2.24, 2.45) is 0 Å². The van der Waals surface area contributed by atoms with Crippen molar-refractivity contribution in [1.29, 1.82) is 0 Å². The Bertz CT molecular complexity index is 434. The Morgan fingerprint density at radius 1 is 1.14 bits per heavy atom. The van der Waals surface area contributed by atoms with Crippen LogP contribution < -0.4 is 4.90 Å². The molecule has 0 aliphatic rings. The van der Waals surface area contributed by atoms with Crippen LogP contribution in [-0.2, 0) is 8.98 Å². The Morgan fingerprint density at radius 3 is 2.29 bits per heavy atom. The van der Waals surface area contributed by atoms with Crippen LogP contribution in [0.3, 0.4) is 0 Å². The van der Waals surface area contributed by atoms with Crippen molar-refractivity contribution in [2.45, 2.75) is 0 Å². The van der Waals surface area contributed by atoms with Crippen molar-refractivity contribution < 1.29 is 8.98 Å². The number of hydrogen-bond acceptors (Lipinski definition) is 3. The number of amides is 1. The highest BCUT2D eigenvalue weighted by molar-refractivity contribution is 9.10. The van der Waals surface area contributed by atoms with Crippen LogP contribution in [0.1, 0.15) is 0 Å². The number of halogens is 1. The lowest BCUT2D eigenvalue weighted by Gasteiger charge is -2.27. The first kappa shape index (κ1) is 18.5. The van der Waals surface area contributed by atoms with Gasteiger partial charge < -0.3 is 14.0 Å². The zero-order valence-electron chi connectivity index (χ0n) is 13.2. The van der Waals surface area contributed by atoms with E-state index in [1.807, 2.05) is 31.3 Å². The minimum atomic E-state index is -0.900. The second-order valence-electron chi connectivity index (χ2n) is 5.63. The zero-order chi connectivity index (χ0) is 15.9. The minimum absolute atomic E-state index is 0.671. The molecule has 0 spiro atoms. The fourth-order valence-corrected chi connectivity index (χ4v) is 2.55. The number of benzene rings is 1. The van der Waals surface area contributed by atoms with E-state index in [1.54, 1.807) is 4.90 Å². The average molecular weight is 377 g/mol. The van der Waals surface area contributed by atoms with E-state index in [-0.39, 0.29) is 0 Å². The first-order chi connectivity index (χ1) is 9.81. The molecule has 0 aromatic heterocycles. The van der Waals surface area contributed by atoms with Gasteiger partial charge in [-0.3, -0.25) is 4.79 Å². The van der Waals surface area contributed by atoms with Gasteiger partial charge in [0.25, 0.3) is 0 Å². The second-order valence-corrected chi connectivity index (χ2v) is 10.2. The molecule has 4 nitrogen and oxygen atoms in total. The molecule has 0 radical (unpaired) electrons. The summed E-state index contributed by atoms with van der Waals surface area (Å²) >= 11 is 3.40. The molecular formula is C15H25BrN2O2S. The van der Waals surface area contributed by atoms with Crippen molar-refractivity contribution in [1.82, 2.24) is 4.90 Å². The minimum Gasteiger partial charge on any atom is -0.336 e. The summed E-state index contributed by atoms with van der Waals surface area (Å²) in [7, 11) is 1.15. The molecule has 6 heteroatoms. The molecule has 21 heavy (non-hydrogen) atoms. The van der Waals surface area contributed by atoms with E-state index >= 15 is 0 Å². The van der Waals surface area contributed by atoms with Gasteiger partial charge in [-0.1, -0.05) is 15.9 Å². The molecule has 1 aromatic carbocycles. The number of anilines is 1. The lowest BCUT2D eigenvalue weighted by atomic mass is 10.3. The maximum Gasteiger partial charge on any atom is 0.214 e. The molecule has 0 unspecified atom stereocenters. The molecule has 1 aromatic rings. The molecule has 0 aliphatic heterocycles. The number of likely N-dealkylation sites (N-methyl/N-ethyl adjacent to an activating group) is 1. The van der Waals surface area contributed by atoms with E-state index < -0.39 is 10.3 Å². The van der Waals surface area contributed by atoms with Gasteiger partial charge in [0.2, 0.25) is 6.41 Å². The van der Waals surface area contributed by atoms with Gasteiger partial charge >= 0.3 is 0 Å². The second kappa shape index (κ2) is 8.78.